The maximum absolute atomic E-state index is 12.4. The third kappa shape index (κ3) is 4.82. The number of hydrogen-bond acceptors (Lipinski definition) is 4. The van der Waals surface area contributed by atoms with Gasteiger partial charge in [-0.15, -0.1) is 0 Å². The predicted molar refractivity (Wildman–Crippen MR) is 76.9 cm³/mol. The molecule has 6 heteroatoms. The Morgan fingerprint density at radius 2 is 1.90 bits per heavy atom. The summed E-state index contributed by atoms with van der Waals surface area (Å²) in [6.45, 7) is 1.56. The molecule has 0 heterocycles. The monoisotopic (exact) mass is 303 g/mol. The second-order valence-electron chi connectivity index (χ2n) is 4.86. The van der Waals surface area contributed by atoms with Crippen LogP contribution in [0.3, 0.4) is 0 Å². The SMILES string of the molecule is CCC(CC)(CO)NCc1ccc(OC)c(OC(F)F)c1. The normalized spacial score (nSPS) is 11.8. The Labute approximate surface area is 124 Å². The zero-order valence-electron chi connectivity index (χ0n) is 12.7. The summed E-state index contributed by atoms with van der Waals surface area (Å²) in [5.41, 5.74) is 0.426. The van der Waals surface area contributed by atoms with Gasteiger partial charge in [0, 0.05) is 12.1 Å². The molecular formula is C15H23F2NO3. The largest absolute Gasteiger partial charge is 0.493 e. The van der Waals surface area contributed by atoms with Gasteiger partial charge < -0.3 is 19.9 Å². The average Bonchev–Trinajstić information content (AvgIpc) is 2.49. The van der Waals surface area contributed by atoms with E-state index in [0.717, 1.165) is 18.4 Å². The molecule has 0 saturated heterocycles. The molecule has 0 atom stereocenters. The molecule has 0 unspecified atom stereocenters. The van der Waals surface area contributed by atoms with Crippen LogP contribution >= 0.6 is 0 Å². The molecule has 0 saturated carbocycles. The van der Waals surface area contributed by atoms with Crippen LogP contribution in [-0.2, 0) is 6.54 Å². The Balaban J connectivity index is 2.84. The van der Waals surface area contributed by atoms with Crippen molar-refractivity contribution in [2.45, 2.75) is 45.4 Å². The molecule has 0 fully saturated rings. The Morgan fingerprint density at radius 3 is 2.38 bits per heavy atom. The quantitative estimate of drug-likeness (QED) is 0.736. The Bertz CT molecular complexity index is 429. The Hall–Kier alpha value is -1.40. The van der Waals surface area contributed by atoms with Gasteiger partial charge >= 0.3 is 6.61 Å². The van der Waals surface area contributed by atoms with Gasteiger partial charge in [0.2, 0.25) is 0 Å². The van der Waals surface area contributed by atoms with Crippen molar-refractivity contribution in [2.75, 3.05) is 13.7 Å². The zero-order chi connectivity index (χ0) is 15.9. The number of methoxy groups -OCH3 is 1. The molecule has 1 rings (SSSR count). The molecule has 1 aromatic rings. The fraction of sp³-hybridized carbons (Fsp3) is 0.600. The van der Waals surface area contributed by atoms with E-state index in [-0.39, 0.29) is 23.6 Å². The van der Waals surface area contributed by atoms with Gasteiger partial charge in [-0.3, -0.25) is 0 Å². The maximum Gasteiger partial charge on any atom is 0.387 e. The maximum atomic E-state index is 12.4. The van der Waals surface area contributed by atoms with Gasteiger partial charge in [0.25, 0.3) is 0 Å². The van der Waals surface area contributed by atoms with Crippen molar-refractivity contribution < 1.29 is 23.4 Å². The van der Waals surface area contributed by atoms with Crippen molar-refractivity contribution in [3.05, 3.63) is 23.8 Å². The summed E-state index contributed by atoms with van der Waals surface area (Å²) >= 11 is 0. The molecule has 0 amide bonds. The van der Waals surface area contributed by atoms with Gasteiger partial charge in [-0.1, -0.05) is 19.9 Å². The Kier molecular flexibility index (Phi) is 6.84. The van der Waals surface area contributed by atoms with Crippen molar-refractivity contribution >= 4 is 0 Å². The number of aliphatic hydroxyl groups excluding tert-OH is 1. The highest BCUT2D eigenvalue weighted by atomic mass is 19.3. The number of hydrogen-bond donors (Lipinski definition) is 2. The summed E-state index contributed by atoms with van der Waals surface area (Å²) in [6, 6.07) is 4.89. The molecule has 4 nitrogen and oxygen atoms in total. The molecule has 0 aromatic heterocycles. The van der Waals surface area contributed by atoms with Crippen LogP contribution in [0.25, 0.3) is 0 Å². The lowest BCUT2D eigenvalue weighted by molar-refractivity contribution is -0.0512. The number of ether oxygens (including phenoxy) is 2. The van der Waals surface area contributed by atoms with E-state index < -0.39 is 6.61 Å². The lowest BCUT2D eigenvalue weighted by Crippen LogP contribution is -2.47. The first-order chi connectivity index (χ1) is 10.00. The number of alkyl halides is 2. The van der Waals surface area contributed by atoms with E-state index in [1.54, 1.807) is 12.1 Å². The van der Waals surface area contributed by atoms with Gasteiger partial charge in [-0.25, -0.2) is 0 Å². The average molecular weight is 303 g/mol. The van der Waals surface area contributed by atoms with E-state index in [1.165, 1.54) is 13.2 Å². The summed E-state index contributed by atoms with van der Waals surface area (Å²) in [5.74, 6) is 0.271. The predicted octanol–water partition coefficient (Wildman–Crippen LogP) is 2.94. The van der Waals surface area contributed by atoms with Crippen molar-refractivity contribution in [1.82, 2.24) is 5.32 Å². The van der Waals surface area contributed by atoms with E-state index in [2.05, 4.69) is 10.1 Å². The topological polar surface area (TPSA) is 50.7 Å². The molecule has 0 aliphatic carbocycles. The smallest absolute Gasteiger partial charge is 0.387 e. The lowest BCUT2D eigenvalue weighted by atomic mass is 9.93. The van der Waals surface area contributed by atoms with E-state index in [4.69, 9.17) is 4.74 Å². The highest BCUT2D eigenvalue weighted by molar-refractivity contribution is 5.43. The first-order valence-electron chi connectivity index (χ1n) is 6.97. The van der Waals surface area contributed by atoms with Gasteiger partial charge in [-0.2, -0.15) is 8.78 Å². The first-order valence-corrected chi connectivity index (χ1v) is 6.97. The van der Waals surface area contributed by atoms with Crippen molar-refractivity contribution in [3.63, 3.8) is 0 Å². The molecule has 2 N–H and O–H groups in total. The first kappa shape index (κ1) is 17.7. The second-order valence-corrected chi connectivity index (χ2v) is 4.86. The second kappa shape index (κ2) is 8.14. The molecule has 120 valence electrons. The molecule has 0 radical (unpaired) electrons. The highest BCUT2D eigenvalue weighted by Crippen LogP contribution is 2.29. The third-order valence-corrected chi connectivity index (χ3v) is 3.77. The minimum absolute atomic E-state index is 0.00870. The van der Waals surface area contributed by atoms with Gasteiger partial charge in [-0.05, 0) is 30.5 Å². The zero-order valence-corrected chi connectivity index (χ0v) is 12.7. The van der Waals surface area contributed by atoms with Crippen molar-refractivity contribution in [1.29, 1.82) is 0 Å². The Morgan fingerprint density at radius 1 is 1.24 bits per heavy atom. The standard InChI is InChI=1S/C15H23F2NO3/c1-4-15(5-2,10-19)18-9-11-6-7-12(20-3)13(8-11)21-14(16)17/h6-8,14,18-19H,4-5,9-10H2,1-3H3. The molecule has 1 aromatic carbocycles. The fourth-order valence-electron chi connectivity index (χ4n) is 2.09. The number of benzene rings is 1. The number of halogens is 2. The molecule has 0 aliphatic rings. The minimum atomic E-state index is -2.90. The summed E-state index contributed by atoms with van der Waals surface area (Å²) in [5, 5.41) is 12.8. The molecular weight excluding hydrogens is 280 g/mol. The third-order valence-electron chi connectivity index (χ3n) is 3.77. The minimum Gasteiger partial charge on any atom is -0.493 e. The van der Waals surface area contributed by atoms with Crippen molar-refractivity contribution in [2.24, 2.45) is 0 Å². The van der Waals surface area contributed by atoms with Crippen LogP contribution in [0, 0.1) is 0 Å². The summed E-state index contributed by atoms with van der Waals surface area (Å²) in [6.07, 6.45) is 1.55. The summed E-state index contributed by atoms with van der Waals surface area (Å²) < 4.78 is 34.2. The van der Waals surface area contributed by atoms with Gasteiger partial charge in [0.15, 0.2) is 11.5 Å². The lowest BCUT2D eigenvalue weighted by Gasteiger charge is -2.31. The molecule has 0 spiro atoms. The van der Waals surface area contributed by atoms with E-state index in [1.807, 2.05) is 13.8 Å². The van der Waals surface area contributed by atoms with Gasteiger partial charge in [0.1, 0.15) is 0 Å². The van der Waals surface area contributed by atoms with Crippen LogP contribution < -0.4 is 14.8 Å². The molecule has 0 bridgehead atoms. The summed E-state index contributed by atoms with van der Waals surface area (Å²) in [4.78, 5) is 0. The van der Waals surface area contributed by atoms with E-state index in [9.17, 15) is 13.9 Å². The van der Waals surface area contributed by atoms with Crippen LogP contribution in [-0.4, -0.2) is 31.0 Å². The van der Waals surface area contributed by atoms with Crippen LogP contribution in [0.1, 0.15) is 32.3 Å². The van der Waals surface area contributed by atoms with Crippen LogP contribution in [0.15, 0.2) is 18.2 Å². The molecule has 21 heavy (non-hydrogen) atoms. The van der Waals surface area contributed by atoms with Crippen molar-refractivity contribution in [3.8, 4) is 11.5 Å². The fourth-order valence-corrected chi connectivity index (χ4v) is 2.09. The van der Waals surface area contributed by atoms with E-state index in [0.29, 0.717) is 6.54 Å². The number of rotatable bonds is 9. The van der Waals surface area contributed by atoms with Gasteiger partial charge in [0.05, 0.1) is 13.7 Å². The molecule has 0 aliphatic heterocycles. The number of nitrogens with one attached hydrogen (secondary N) is 1. The van der Waals surface area contributed by atoms with Crippen LogP contribution in [0.2, 0.25) is 0 Å². The van der Waals surface area contributed by atoms with Crippen LogP contribution in [0.5, 0.6) is 11.5 Å². The van der Waals surface area contributed by atoms with Crippen LogP contribution in [0.4, 0.5) is 8.78 Å². The van der Waals surface area contributed by atoms with E-state index >= 15 is 0 Å². The highest BCUT2D eigenvalue weighted by Gasteiger charge is 2.24. The summed E-state index contributed by atoms with van der Waals surface area (Å²) in [7, 11) is 1.40. The number of aliphatic hydroxyl groups is 1.